The molecule has 1 aliphatic heterocycles. The highest BCUT2D eigenvalue weighted by atomic mass is 35.5. The first-order chi connectivity index (χ1) is 16.3. The summed E-state index contributed by atoms with van der Waals surface area (Å²) in [7, 11) is -4.01. The number of carbonyl (C=O) groups is 1. The van der Waals surface area contributed by atoms with Crippen LogP contribution in [0.4, 0.5) is 5.82 Å². The van der Waals surface area contributed by atoms with Crippen molar-refractivity contribution in [3.05, 3.63) is 47.1 Å². The lowest BCUT2D eigenvalue weighted by Crippen LogP contribution is -2.46. The number of nitrogens with zero attached hydrogens (tertiary/aromatic N) is 2. The standard InChI is InChI=1S/C25H29ClN2O5S/c1-15(24-16-4-2-5-17(24)10-16)22(30)12-19-8-9-23-25(27-19)28(13-20(14-29)33-23)34(31,32)21-7-3-6-18(26)11-21/h3,6-9,11,15-17,20,24,29H,2,4-5,10,12-14H2,1H3/t15-,16?,17?,20-,24?/m1/s1. The number of pyridine rings is 1. The summed E-state index contributed by atoms with van der Waals surface area (Å²) >= 11 is 6.03. The lowest BCUT2D eigenvalue weighted by Gasteiger charge is -2.52. The SMILES string of the molecule is C[C@H](C(=O)Cc1ccc2c(n1)N(S(=O)(=O)c1cccc(Cl)c1)C[C@H](CO)O2)C1C2CCCC1C2. The molecule has 0 amide bonds. The number of hydrogen-bond donors (Lipinski definition) is 1. The number of Topliss-reactive ketones (excluding diaryl/α,β-unsaturated/α-hetero) is 1. The zero-order valence-corrected chi connectivity index (χ0v) is 20.6. The maximum atomic E-state index is 13.5. The van der Waals surface area contributed by atoms with E-state index in [9.17, 15) is 18.3 Å². The average molecular weight is 505 g/mol. The number of carbonyl (C=O) groups excluding carboxylic acids is 1. The van der Waals surface area contributed by atoms with Crippen LogP contribution in [0.1, 0.15) is 38.3 Å². The van der Waals surface area contributed by atoms with Crippen molar-refractivity contribution in [3.63, 3.8) is 0 Å². The predicted molar refractivity (Wildman–Crippen MR) is 129 cm³/mol. The summed E-state index contributed by atoms with van der Waals surface area (Å²) in [6.45, 7) is 1.59. The summed E-state index contributed by atoms with van der Waals surface area (Å²) in [5, 5.41) is 9.97. The van der Waals surface area contributed by atoms with E-state index in [0.717, 1.165) is 4.31 Å². The highest BCUT2D eigenvalue weighted by Crippen LogP contribution is 2.54. The number of aliphatic hydroxyl groups is 1. The zero-order valence-electron chi connectivity index (χ0n) is 19.1. The van der Waals surface area contributed by atoms with Crippen LogP contribution in [-0.4, -0.2) is 43.5 Å². The van der Waals surface area contributed by atoms with E-state index in [2.05, 4.69) is 4.98 Å². The molecule has 1 aromatic heterocycles. The van der Waals surface area contributed by atoms with Crippen molar-refractivity contribution in [3.8, 4) is 5.75 Å². The van der Waals surface area contributed by atoms with E-state index in [1.807, 2.05) is 6.92 Å². The third-order valence-corrected chi connectivity index (χ3v) is 9.66. The number of halogens is 1. The number of aromatic nitrogens is 1. The molecule has 7 nitrogen and oxygen atoms in total. The van der Waals surface area contributed by atoms with Gasteiger partial charge in [-0.1, -0.05) is 43.9 Å². The van der Waals surface area contributed by atoms with Crippen molar-refractivity contribution in [1.29, 1.82) is 0 Å². The fourth-order valence-corrected chi connectivity index (χ4v) is 7.68. The van der Waals surface area contributed by atoms with Crippen LogP contribution >= 0.6 is 11.6 Å². The molecule has 4 atom stereocenters. The van der Waals surface area contributed by atoms with Crippen molar-refractivity contribution >= 4 is 33.2 Å². The summed E-state index contributed by atoms with van der Waals surface area (Å²) in [4.78, 5) is 17.7. The van der Waals surface area contributed by atoms with E-state index in [1.54, 1.807) is 24.3 Å². The third-order valence-electron chi connectivity index (χ3n) is 7.67. The van der Waals surface area contributed by atoms with Gasteiger partial charge in [0, 0.05) is 17.4 Å². The molecule has 2 fully saturated rings. The van der Waals surface area contributed by atoms with Gasteiger partial charge in [-0.25, -0.2) is 17.7 Å². The molecule has 0 radical (unpaired) electrons. The second-order valence-electron chi connectivity index (χ2n) is 9.74. The molecule has 0 spiro atoms. The highest BCUT2D eigenvalue weighted by Gasteiger charge is 2.47. The van der Waals surface area contributed by atoms with Crippen LogP contribution < -0.4 is 9.04 Å². The minimum atomic E-state index is -4.01. The third kappa shape index (κ3) is 4.20. The molecule has 182 valence electrons. The summed E-state index contributed by atoms with van der Waals surface area (Å²) < 4.78 is 33.9. The van der Waals surface area contributed by atoms with Crippen LogP contribution in [0.2, 0.25) is 5.02 Å². The molecule has 3 aliphatic rings. The van der Waals surface area contributed by atoms with Gasteiger partial charge in [-0.15, -0.1) is 0 Å². The van der Waals surface area contributed by atoms with Crippen LogP contribution in [0.3, 0.4) is 0 Å². The van der Waals surface area contributed by atoms with Crippen LogP contribution in [0.15, 0.2) is 41.3 Å². The minimum absolute atomic E-state index is 0.0248. The Balaban J connectivity index is 1.42. The molecule has 2 aromatic rings. The van der Waals surface area contributed by atoms with Crippen molar-refractivity contribution in [2.45, 2.75) is 50.0 Å². The maximum absolute atomic E-state index is 13.5. The molecule has 2 heterocycles. The van der Waals surface area contributed by atoms with E-state index < -0.39 is 16.1 Å². The van der Waals surface area contributed by atoms with Gasteiger partial charge in [0.15, 0.2) is 11.6 Å². The number of benzene rings is 1. The Morgan fingerprint density at radius 1 is 1.26 bits per heavy atom. The first kappa shape index (κ1) is 23.6. The van der Waals surface area contributed by atoms with Crippen molar-refractivity contribution in [1.82, 2.24) is 4.98 Å². The van der Waals surface area contributed by atoms with Gasteiger partial charge in [-0.3, -0.25) is 4.79 Å². The Labute approximate surface area is 205 Å². The van der Waals surface area contributed by atoms with Gasteiger partial charge in [-0.05, 0) is 54.5 Å². The lowest BCUT2D eigenvalue weighted by molar-refractivity contribution is -0.130. The number of fused-ring (bicyclic) bond motifs is 3. The quantitative estimate of drug-likeness (QED) is 0.615. The Morgan fingerprint density at radius 2 is 2.03 bits per heavy atom. The Kier molecular flexibility index (Phi) is 6.33. The van der Waals surface area contributed by atoms with Crippen molar-refractivity contribution in [2.24, 2.45) is 23.7 Å². The molecular formula is C25H29ClN2O5S. The number of hydrogen-bond acceptors (Lipinski definition) is 6. The van der Waals surface area contributed by atoms with Gasteiger partial charge >= 0.3 is 0 Å². The summed E-state index contributed by atoms with van der Waals surface area (Å²) in [6.07, 6.45) is 4.38. The topological polar surface area (TPSA) is 96.8 Å². The first-order valence-electron chi connectivity index (χ1n) is 11.9. The molecule has 5 rings (SSSR count). The second-order valence-corrected chi connectivity index (χ2v) is 12.0. The van der Waals surface area contributed by atoms with Gasteiger partial charge in [0.1, 0.15) is 11.9 Å². The molecule has 1 N–H and O–H groups in total. The molecule has 1 aromatic carbocycles. The highest BCUT2D eigenvalue weighted by molar-refractivity contribution is 7.92. The van der Waals surface area contributed by atoms with Gasteiger partial charge in [0.25, 0.3) is 10.0 Å². The number of ketones is 1. The molecule has 0 saturated heterocycles. The lowest BCUT2D eigenvalue weighted by atomic mass is 9.53. The Hall–Kier alpha value is -2.16. The van der Waals surface area contributed by atoms with Gasteiger partial charge in [0.05, 0.1) is 23.7 Å². The fraction of sp³-hybridized carbons (Fsp3) is 0.520. The van der Waals surface area contributed by atoms with E-state index >= 15 is 0 Å². The largest absolute Gasteiger partial charge is 0.482 e. The predicted octanol–water partition coefficient (Wildman–Crippen LogP) is 3.87. The van der Waals surface area contributed by atoms with Crippen molar-refractivity contribution in [2.75, 3.05) is 17.5 Å². The molecule has 2 bridgehead atoms. The monoisotopic (exact) mass is 504 g/mol. The Bertz CT molecular complexity index is 1190. The fourth-order valence-electron chi connectivity index (χ4n) is 5.92. The summed E-state index contributed by atoms with van der Waals surface area (Å²) in [6, 6.07) is 9.36. The van der Waals surface area contributed by atoms with Gasteiger partial charge < -0.3 is 9.84 Å². The van der Waals surface area contributed by atoms with Crippen LogP contribution in [0.5, 0.6) is 5.75 Å². The number of ether oxygens (including phenoxy) is 1. The first-order valence-corrected chi connectivity index (χ1v) is 13.7. The van der Waals surface area contributed by atoms with Gasteiger partial charge in [0.2, 0.25) is 0 Å². The average Bonchev–Trinajstić information content (AvgIpc) is 2.83. The van der Waals surface area contributed by atoms with Crippen LogP contribution in [0.25, 0.3) is 0 Å². The van der Waals surface area contributed by atoms with E-state index in [4.69, 9.17) is 16.3 Å². The molecule has 2 saturated carbocycles. The second kappa shape index (κ2) is 9.13. The molecule has 34 heavy (non-hydrogen) atoms. The van der Waals surface area contributed by atoms with Crippen LogP contribution in [0, 0.1) is 23.7 Å². The molecular weight excluding hydrogens is 476 g/mol. The maximum Gasteiger partial charge on any atom is 0.265 e. The summed E-state index contributed by atoms with van der Waals surface area (Å²) in [5.74, 6) is 2.29. The molecule has 2 unspecified atom stereocenters. The van der Waals surface area contributed by atoms with E-state index in [0.29, 0.717) is 28.5 Å². The van der Waals surface area contributed by atoms with E-state index in [-0.39, 0.29) is 47.7 Å². The normalized spacial score (nSPS) is 26.7. The van der Waals surface area contributed by atoms with E-state index in [1.165, 1.54) is 37.8 Å². The summed E-state index contributed by atoms with van der Waals surface area (Å²) in [5.41, 5.74) is 0.512. The molecule has 9 heteroatoms. The molecule has 2 aliphatic carbocycles. The van der Waals surface area contributed by atoms with Crippen molar-refractivity contribution < 1.29 is 23.1 Å². The number of rotatable bonds is 7. The van der Waals surface area contributed by atoms with Gasteiger partial charge in [-0.2, -0.15) is 0 Å². The number of sulfonamides is 1. The zero-order chi connectivity index (χ0) is 24.0. The minimum Gasteiger partial charge on any atom is -0.482 e. The van der Waals surface area contributed by atoms with Crippen LogP contribution in [-0.2, 0) is 21.2 Å². The number of aliphatic hydroxyl groups excluding tert-OH is 1. The Morgan fingerprint density at radius 3 is 2.71 bits per heavy atom. The number of anilines is 1. The smallest absolute Gasteiger partial charge is 0.265 e.